The summed E-state index contributed by atoms with van der Waals surface area (Å²) in [6.07, 6.45) is 0.932. The number of methoxy groups -OCH3 is 1. The number of hydrogen-bond acceptors (Lipinski definition) is 5. The van der Waals surface area contributed by atoms with Gasteiger partial charge >= 0.3 is 0 Å². The van der Waals surface area contributed by atoms with Gasteiger partial charge in [0.2, 0.25) is 0 Å². The van der Waals surface area contributed by atoms with Crippen molar-refractivity contribution in [1.29, 1.82) is 0 Å². The fraction of sp³-hybridized carbons (Fsp3) is 0.444. The van der Waals surface area contributed by atoms with E-state index in [1.54, 1.807) is 7.11 Å². The summed E-state index contributed by atoms with van der Waals surface area (Å²) < 4.78 is 5.17. The summed E-state index contributed by atoms with van der Waals surface area (Å²) in [5.41, 5.74) is 1.27. The fourth-order valence-corrected chi connectivity index (χ4v) is 2.18. The molecule has 0 unspecified atom stereocenters. The monoisotopic (exact) mass is 314 g/mol. The van der Waals surface area contributed by atoms with E-state index in [1.807, 2.05) is 25.1 Å². The molecular weight excluding hydrogens is 288 g/mol. The van der Waals surface area contributed by atoms with Crippen LogP contribution in [0.1, 0.15) is 25.2 Å². The van der Waals surface area contributed by atoms with Crippen molar-refractivity contribution in [2.24, 2.45) is 5.92 Å². The lowest BCUT2D eigenvalue weighted by atomic mass is 10.1. The maximum absolute atomic E-state index is 5.17. The van der Waals surface area contributed by atoms with E-state index in [1.165, 1.54) is 5.56 Å². The summed E-state index contributed by atoms with van der Waals surface area (Å²) in [4.78, 5) is 8.85. The van der Waals surface area contributed by atoms with Gasteiger partial charge in [-0.25, -0.2) is 9.97 Å². The predicted octanol–water partition coefficient (Wildman–Crippen LogP) is 3.52. The molecule has 0 fully saturated rings. The lowest BCUT2D eigenvalue weighted by molar-refractivity contribution is 0.414. The Hall–Kier alpha value is -2.30. The second-order valence-electron chi connectivity index (χ2n) is 5.99. The van der Waals surface area contributed by atoms with Crippen LogP contribution in [0.25, 0.3) is 0 Å². The van der Waals surface area contributed by atoms with Gasteiger partial charge in [0, 0.05) is 19.2 Å². The quantitative estimate of drug-likeness (QED) is 0.781. The molecule has 1 aromatic carbocycles. The summed E-state index contributed by atoms with van der Waals surface area (Å²) >= 11 is 0. The minimum absolute atomic E-state index is 0.580. The second-order valence-corrected chi connectivity index (χ2v) is 5.99. The Bertz CT molecular complexity index is 611. The third-order valence-electron chi connectivity index (χ3n) is 3.41. The molecular formula is C18H26N4O. The van der Waals surface area contributed by atoms with Gasteiger partial charge in [-0.2, -0.15) is 0 Å². The van der Waals surface area contributed by atoms with E-state index >= 15 is 0 Å². The van der Waals surface area contributed by atoms with Crippen LogP contribution in [-0.4, -0.2) is 30.2 Å². The number of anilines is 2. The number of nitrogens with zero attached hydrogens (tertiary/aromatic N) is 2. The van der Waals surface area contributed by atoms with Gasteiger partial charge in [0.05, 0.1) is 7.11 Å². The van der Waals surface area contributed by atoms with Crippen molar-refractivity contribution in [3.05, 3.63) is 41.7 Å². The molecule has 5 nitrogen and oxygen atoms in total. The summed E-state index contributed by atoms with van der Waals surface area (Å²) in [6.45, 7) is 7.99. The highest BCUT2D eigenvalue weighted by atomic mass is 16.5. The zero-order valence-electron chi connectivity index (χ0n) is 14.4. The Balaban J connectivity index is 1.89. The van der Waals surface area contributed by atoms with Crippen molar-refractivity contribution in [2.75, 3.05) is 30.8 Å². The summed E-state index contributed by atoms with van der Waals surface area (Å²) in [5.74, 6) is 3.96. The van der Waals surface area contributed by atoms with Gasteiger partial charge in [-0.15, -0.1) is 0 Å². The van der Waals surface area contributed by atoms with Crippen LogP contribution in [0.3, 0.4) is 0 Å². The maximum atomic E-state index is 5.17. The van der Waals surface area contributed by atoms with E-state index in [-0.39, 0.29) is 0 Å². The molecule has 124 valence electrons. The lowest BCUT2D eigenvalue weighted by Gasteiger charge is -2.11. The van der Waals surface area contributed by atoms with Crippen molar-refractivity contribution >= 4 is 11.6 Å². The van der Waals surface area contributed by atoms with E-state index in [2.05, 4.69) is 46.6 Å². The number of ether oxygens (including phenoxy) is 1. The molecule has 0 aliphatic carbocycles. The van der Waals surface area contributed by atoms with Crippen molar-refractivity contribution < 1.29 is 4.74 Å². The molecule has 2 aromatic rings. The molecule has 0 aliphatic heterocycles. The van der Waals surface area contributed by atoms with Crippen LogP contribution >= 0.6 is 0 Å². The molecule has 0 atom stereocenters. The standard InChI is InChI=1S/C18H26N4O/c1-13(2)12-20-18-11-17(21-14(3)22-18)19-10-9-15-5-7-16(23-4)8-6-15/h5-8,11,13H,9-10,12H2,1-4H3,(H2,19,20,21,22). The molecule has 2 N–H and O–H groups in total. The van der Waals surface area contributed by atoms with E-state index in [4.69, 9.17) is 4.74 Å². The van der Waals surface area contributed by atoms with Crippen molar-refractivity contribution in [3.8, 4) is 5.75 Å². The highest BCUT2D eigenvalue weighted by Crippen LogP contribution is 2.14. The van der Waals surface area contributed by atoms with Crippen LogP contribution in [0.5, 0.6) is 5.75 Å². The average molecular weight is 314 g/mol. The number of benzene rings is 1. The van der Waals surface area contributed by atoms with Gasteiger partial charge in [0.25, 0.3) is 0 Å². The first-order valence-electron chi connectivity index (χ1n) is 8.03. The zero-order chi connectivity index (χ0) is 16.7. The number of rotatable bonds is 8. The first-order valence-corrected chi connectivity index (χ1v) is 8.03. The Morgan fingerprint density at radius 3 is 2.30 bits per heavy atom. The summed E-state index contributed by atoms with van der Waals surface area (Å²) in [5, 5.41) is 6.71. The molecule has 0 spiro atoms. The van der Waals surface area contributed by atoms with Crippen LogP contribution in [0.4, 0.5) is 11.6 Å². The molecule has 2 rings (SSSR count). The first kappa shape index (κ1) is 17.1. The highest BCUT2D eigenvalue weighted by Gasteiger charge is 2.03. The maximum Gasteiger partial charge on any atom is 0.131 e. The Kier molecular flexibility index (Phi) is 6.20. The normalized spacial score (nSPS) is 10.7. The van der Waals surface area contributed by atoms with Gasteiger partial charge in [0.1, 0.15) is 23.2 Å². The fourth-order valence-electron chi connectivity index (χ4n) is 2.18. The minimum atomic E-state index is 0.580. The van der Waals surface area contributed by atoms with E-state index in [9.17, 15) is 0 Å². The molecule has 0 bridgehead atoms. The number of nitrogens with one attached hydrogen (secondary N) is 2. The van der Waals surface area contributed by atoms with Crippen LogP contribution in [0, 0.1) is 12.8 Å². The number of aryl methyl sites for hydroxylation is 1. The number of aromatic nitrogens is 2. The van der Waals surface area contributed by atoms with E-state index in [0.717, 1.165) is 42.7 Å². The Morgan fingerprint density at radius 1 is 1.04 bits per heavy atom. The third-order valence-corrected chi connectivity index (χ3v) is 3.41. The summed E-state index contributed by atoms with van der Waals surface area (Å²) in [6, 6.07) is 10.1. The van der Waals surface area contributed by atoms with E-state index in [0.29, 0.717) is 5.92 Å². The first-order chi connectivity index (χ1) is 11.1. The van der Waals surface area contributed by atoms with Crippen LogP contribution in [-0.2, 0) is 6.42 Å². The second kappa shape index (κ2) is 8.36. The van der Waals surface area contributed by atoms with Gasteiger partial charge in [-0.1, -0.05) is 26.0 Å². The van der Waals surface area contributed by atoms with E-state index < -0.39 is 0 Å². The third kappa shape index (κ3) is 5.77. The van der Waals surface area contributed by atoms with Crippen molar-refractivity contribution in [2.45, 2.75) is 27.2 Å². The summed E-state index contributed by atoms with van der Waals surface area (Å²) in [7, 11) is 1.68. The molecule has 1 heterocycles. The number of hydrogen-bond donors (Lipinski definition) is 2. The smallest absolute Gasteiger partial charge is 0.131 e. The zero-order valence-corrected chi connectivity index (χ0v) is 14.4. The molecule has 5 heteroatoms. The lowest BCUT2D eigenvalue weighted by Crippen LogP contribution is -2.12. The molecule has 0 radical (unpaired) electrons. The van der Waals surface area contributed by atoms with Crippen LogP contribution in [0.2, 0.25) is 0 Å². The molecule has 0 saturated carbocycles. The molecule has 1 aromatic heterocycles. The molecule has 0 aliphatic rings. The topological polar surface area (TPSA) is 59.1 Å². The minimum Gasteiger partial charge on any atom is -0.497 e. The van der Waals surface area contributed by atoms with Crippen molar-refractivity contribution in [3.63, 3.8) is 0 Å². The molecule has 23 heavy (non-hydrogen) atoms. The van der Waals surface area contributed by atoms with Gasteiger partial charge in [-0.3, -0.25) is 0 Å². The molecule has 0 amide bonds. The predicted molar refractivity (Wildman–Crippen MR) is 95.3 cm³/mol. The average Bonchev–Trinajstić information content (AvgIpc) is 2.53. The van der Waals surface area contributed by atoms with Crippen LogP contribution < -0.4 is 15.4 Å². The molecule has 0 saturated heterocycles. The highest BCUT2D eigenvalue weighted by molar-refractivity contribution is 5.47. The Labute approximate surface area is 138 Å². The van der Waals surface area contributed by atoms with Gasteiger partial charge in [-0.05, 0) is 37.0 Å². The largest absolute Gasteiger partial charge is 0.497 e. The van der Waals surface area contributed by atoms with Gasteiger partial charge < -0.3 is 15.4 Å². The SMILES string of the molecule is COc1ccc(CCNc2cc(NCC(C)C)nc(C)n2)cc1. The Morgan fingerprint density at radius 2 is 1.70 bits per heavy atom. The van der Waals surface area contributed by atoms with Crippen LogP contribution in [0.15, 0.2) is 30.3 Å². The van der Waals surface area contributed by atoms with Gasteiger partial charge in [0.15, 0.2) is 0 Å². The van der Waals surface area contributed by atoms with Crippen molar-refractivity contribution in [1.82, 2.24) is 9.97 Å².